The largest absolute Gasteiger partial charge is 0.314 e. The summed E-state index contributed by atoms with van der Waals surface area (Å²) in [5.74, 6) is -1.92. The van der Waals surface area contributed by atoms with Gasteiger partial charge < -0.3 is 5.32 Å². The number of piperazine rings is 1. The Hall–Kier alpha value is -1.33. The van der Waals surface area contributed by atoms with Gasteiger partial charge in [-0.05, 0) is 25.5 Å². The van der Waals surface area contributed by atoms with Gasteiger partial charge in [0.25, 0.3) is 0 Å². The van der Waals surface area contributed by atoms with Crippen molar-refractivity contribution >= 4 is 5.78 Å². The van der Waals surface area contributed by atoms with E-state index in [0.29, 0.717) is 0 Å². The molecule has 1 saturated heterocycles. The minimum absolute atomic E-state index is 0.0828. The molecule has 0 bridgehead atoms. The van der Waals surface area contributed by atoms with E-state index < -0.39 is 17.2 Å². The predicted octanol–water partition coefficient (Wildman–Crippen LogP) is 1.76. The fraction of sp³-hybridized carbons (Fsp3) is 0.533. The number of rotatable bonds is 4. The van der Waals surface area contributed by atoms with E-state index in [1.54, 1.807) is 0 Å². The van der Waals surface area contributed by atoms with Crippen molar-refractivity contribution in [1.29, 1.82) is 0 Å². The Kier molecular flexibility index (Phi) is 4.50. The molecule has 0 aromatic heterocycles. The lowest BCUT2D eigenvalue weighted by Crippen LogP contribution is -2.57. The fourth-order valence-corrected chi connectivity index (χ4v) is 2.47. The van der Waals surface area contributed by atoms with Crippen LogP contribution in [0.3, 0.4) is 0 Å². The van der Waals surface area contributed by atoms with Crippen LogP contribution in [0, 0.1) is 11.6 Å². The zero-order valence-corrected chi connectivity index (χ0v) is 11.9. The molecule has 0 spiro atoms. The Balaban J connectivity index is 2.12. The van der Waals surface area contributed by atoms with Crippen LogP contribution in [-0.2, 0) is 11.2 Å². The van der Waals surface area contributed by atoms with Gasteiger partial charge in [-0.25, -0.2) is 8.78 Å². The first kappa shape index (κ1) is 15.1. The normalized spacial score (nSPS) is 17.2. The van der Waals surface area contributed by atoms with E-state index in [2.05, 4.69) is 10.2 Å². The average molecular weight is 282 g/mol. The minimum atomic E-state index is -0.919. The molecule has 0 atom stereocenters. The van der Waals surface area contributed by atoms with Crippen LogP contribution in [0.2, 0.25) is 0 Å². The van der Waals surface area contributed by atoms with E-state index in [9.17, 15) is 13.6 Å². The zero-order chi connectivity index (χ0) is 14.8. The molecule has 1 N–H and O–H groups in total. The molecule has 0 radical (unpaired) electrons. The van der Waals surface area contributed by atoms with E-state index in [1.165, 1.54) is 12.1 Å². The topological polar surface area (TPSA) is 32.3 Å². The second kappa shape index (κ2) is 5.97. The van der Waals surface area contributed by atoms with Gasteiger partial charge in [0.1, 0.15) is 0 Å². The molecule has 1 fully saturated rings. The van der Waals surface area contributed by atoms with Crippen molar-refractivity contribution in [2.45, 2.75) is 25.8 Å². The number of halogens is 2. The first-order valence-corrected chi connectivity index (χ1v) is 6.85. The summed E-state index contributed by atoms with van der Waals surface area (Å²) in [7, 11) is 0. The van der Waals surface area contributed by atoms with Crippen LogP contribution in [0.25, 0.3) is 0 Å². The average Bonchev–Trinajstić information content (AvgIpc) is 2.44. The first-order valence-electron chi connectivity index (χ1n) is 6.85. The number of carbonyl (C=O) groups is 1. The molecule has 20 heavy (non-hydrogen) atoms. The summed E-state index contributed by atoms with van der Waals surface area (Å²) in [6.07, 6.45) is -0.0828. The van der Waals surface area contributed by atoms with Gasteiger partial charge in [-0.3, -0.25) is 9.69 Å². The van der Waals surface area contributed by atoms with Gasteiger partial charge in [-0.1, -0.05) is 12.1 Å². The highest BCUT2D eigenvalue weighted by Gasteiger charge is 2.35. The number of ketones is 1. The number of Topliss-reactive ketones (excluding diaryl/α,β-unsaturated/α-hetero) is 1. The maximum Gasteiger partial charge on any atom is 0.162 e. The maximum atomic E-state index is 13.6. The summed E-state index contributed by atoms with van der Waals surface area (Å²) in [6, 6.07) is 3.95. The SMILES string of the molecule is CC(C)(C(=O)Cc1cccc(F)c1F)N1CCNCC1. The third-order valence-corrected chi connectivity index (χ3v) is 3.97. The Labute approximate surface area is 118 Å². The Morgan fingerprint density at radius 3 is 2.60 bits per heavy atom. The summed E-state index contributed by atoms with van der Waals surface area (Å²) in [4.78, 5) is 14.5. The van der Waals surface area contributed by atoms with Crippen molar-refractivity contribution in [2.24, 2.45) is 0 Å². The molecular formula is C15H20F2N2O. The van der Waals surface area contributed by atoms with Crippen molar-refractivity contribution in [3.63, 3.8) is 0 Å². The lowest BCUT2D eigenvalue weighted by Gasteiger charge is -2.40. The molecule has 5 heteroatoms. The maximum absolute atomic E-state index is 13.6. The summed E-state index contributed by atoms with van der Waals surface area (Å²) >= 11 is 0. The van der Waals surface area contributed by atoms with Crippen LogP contribution >= 0.6 is 0 Å². The Morgan fingerprint density at radius 1 is 1.30 bits per heavy atom. The standard InChI is InChI=1S/C15H20F2N2O/c1-15(2,19-8-6-18-7-9-19)13(20)10-11-4-3-5-12(16)14(11)17/h3-5,18H,6-10H2,1-2H3. The highest BCUT2D eigenvalue weighted by molar-refractivity contribution is 5.89. The number of nitrogens with one attached hydrogen (secondary N) is 1. The van der Waals surface area contributed by atoms with Gasteiger partial charge in [0, 0.05) is 32.6 Å². The van der Waals surface area contributed by atoms with Crippen LogP contribution in [0.5, 0.6) is 0 Å². The molecular weight excluding hydrogens is 262 g/mol. The van der Waals surface area contributed by atoms with Gasteiger partial charge in [0.15, 0.2) is 17.4 Å². The van der Waals surface area contributed by atoms with Crippen molar-refractivity contribution in [3.05, 3.63) is 35.4 Å². The Bertz CT molecular complexity index is 497. The molecule has 1 aromatic carbocycles. The minimum Gasteiger partial charge on any atom is -0.314 e. The molecule has 1 heterocycles. The van der Waals surface area contributed by atoms with Crippen molar-refractivity contribution in [1.82, 2.24) is 10.2 Å². The molecule has 3 nitrogen and oxygen atoms in total. The summed E-state index contributed by atoms with van der Waals surface area (Å²) in [6.45, 7) is 6.93. The highest BCUT2D eigenvalue weighted by Crippen LogP contribution is 2.20. The molecule has 2 rings (SSSR count). The number of hydrogen-bond acceptors (Lipinski definition) is 3. The smallest absolute Gasteiger partial charge is 0.162 e. The molecule has 0 aliphatic carbocycles. The molecule has 0 saturated carbocycles. The molecule has 0 unspecified atom stereocenters. The lowest BCUT2D eigenvalue weighted by molar-refractivity contribution is -0.129. The molecule has 1 aromatic rings. The van der Waals surface area contributed by atoms with Crippen LogP contribution in [0.4, 0.5) is 8.78 Å². The third-order valence-electron chi connectivity index (χ3n) is 3.97. The fourth-order valence-electron chi connectivity index (χ4n) is 2.47. The number of hydrogen-bond donors (Lipinski definition) is 1. The van der Waals surface area contributed by atoms with Gasteiger partial charge >= 0.3 is 0 Å². The molecule has 1 aliphatic rings. The van der Waals surface area contributed by atoms with Crippen LogP contribution in [-0.4, -0.2) is 42.4 Å². The van der Waals surface area contributed by atoms with Crippen molar-refractivity contribution in [3.8, 4) is 0 Å². The van der Waals surface area contributed by atoms with E-state index in [-0.39, 0.29) is 17.8 Å². The Morgan fingerprint density at radius 2 is 1.95 bits per heavy atom. The second-order valence-electron chi connectivity index (χ2n) is 5.61. The van der Waals surface area contributed by atoms with Gasteiger partial charge in [0.2, 0.25) is 0 Å². The number of carbonyl (C=O) groups excluding carboxylic acids is 1. The van der Waals surface area contributed by atoms with Gasteiger partial charge in [0.05, 0.1) is 5.54 Å². The van der Waals surface area contributed by atoms with Crippen LogP contribution in [0.15, 0.2) is 18.2 Å². The van der Waals surface area contributed by atoms with Crippen LogP contribution in [0.1, 0.15) is 19.4 Å². The number of nitrogens with zero attached hydrogens (tertiary/aromatic N) is 1. The quantitative estimate of drug-likeness (QED) is 0.913. The van der Waals surface area contributed by atoms with Gasteiger partial charge in [-0.2, -0.15) is 0 Å². The number of benzene rings is 1. The molecule has 1 aliphatic heterocycles. The zero-order valence-electron chi connectivity index (χ0n) is 11.9. The predicted molar refractivity (Wildman–Crippen MR) is 73.6 cm³/mol. The van der Waals surface area contributed by atoms with Crippen molar-refractivity contribution in [2.75, 3.05) is 26.2 Å². The molecule has 0 amide bonds. The van der Waals surface area contributed by atoms with Gasteiger partial charge in [-0.15, -0.1) is 0 Å². The third kappa shape index (κ3) is 3.04. The van der Waals surface area contributed by atoms with E-state index in [1.807, 2.05) is 13.8 Å². The van der Waals surface area contributed by atoms with E-state index in [0.717, 1.165) is 32.2 Å². The van der Waals surface area contributed by atoms with Crippen molar-refractivity contribution < 1.29 is 13.6 Å². The first-order chi connectivity index (χ1) is 9.43. The summed E-state index contributed by atoms with van der Waals surface area (Å²) in [5, 5.41) is 3.23. The van der Waals surface area contributed by atoms with E-state index in [4.69, 9.17) is 0 Å². The summed E-state index contributed by atoms with van der Waals surface area (Å²) < 4.78 is 26.8. The lowest BCUT2D eigenvalue weighted by atomic mass is 9.91. The second-order valence-corrected chi connectivity index (χ2v) is 5.61. The molecule has 110 valence electrons. The highest BCUT2D eigenvalue weighted by atomic mass is 19.2. The van der Waals surface area contributed by atoms with Crippen LogP contribution < -0.4 is 5.32 Å². The summed E-state index contributed by atoms with van der Waals surface area (Å²) in [5.41, 5.74) is -0.542. The van der Waals surface area contributed by atoms with E-state index >= 15 is 0 Å². The monoisotopic (exact) mass is 282 g/mol.